The summed E-state index contributed by atoms with van der Waals surface area (Å²) in [7, 11) is 0. The van der Waals surface area contributed by atoms with E-state index in [-0.39, 0.29) is 11.5 Å². The molecule has 22 heavy (non-hydrogen) atoms. The molecular formula is C16H16BrFN2OS. The summed E-state index contributed by atoms with van der Waals surface area (Å²) in [4.78, 5) is 17.8. The number of halogens is 2. The van der Waals surface area contributed by atoms with Crippen molar-refractivity contribution in [2.24, 2.45) is 0 Å². The molecular weight excluding hydrogens is 367 g/mol. The number of carbonyl (C=O) groups is 1. The molecule has 1 aliphatic rings. The molecule has 0 radical (unpaired) electrons. The molecule has 1 saturated heterocycles. The van der Waals surface area contributed by atoms with E-state index in [0.29, 0.717) is 17.6 Å². The SMILES string of the molecule is O=C(c1cc(Br)ccc1F)N1CCN(Cc2cccs2)CC1. The van der Waals surface area contributed by atoms with Crippen molar-refractivity contribution in [2.45, 2.75) is 6.54 Å². The first-order valence-electron chi connectivity index (χ1n) is 7.12. The molecule has 0 spiro atoms. The van der Waals surface area contributed by atoms with Gasteiger partial charge in [-0.2, -0.15) is 0 Å². The molecule has 0 saturated carbocycles. The van der Waals surface area contributed by atoms with Crippen LogP contribution in [0.1, 0.15) is 15.2 Å². The molecule has 1 amide bonds. The van der Waals surface area contributed by atoms with Crippen LogP contribution in [0.4, 0.5) is 4.39 Å². The van der Waals surface area contributed by atoms with Crippen LogP contribution in [-0.2, 0) is 6.54 Å². The number of piperazine rings is 1. The number of rotatable bonds is 3. The van der Waals surface area contributed by atoms with Crippen molar-refractivity contribution in [2.75, 3.05) is 26.2 Å². The van der Waals surface area contributed by atoms with Crippen LogP contribution in [0.3, 0.4) is 0 Å². The summed E-state index contributed by atoms with van der Waals surface area (Å²) in [5, 5.41) is 2.07. The van der Waals surface area contributed by atoms with E-state index in [1.54, 1.807) is 28.4 Å². The second kappa shape index (κ2) is 6.89. The Bertz CT molecular complexity index is 654. The van der Waals surface area contributed by atoms with Crippen LogP contribution in [0.5, 0.6) is 0 Å². The van der Waals surface area contributed by atoms with E-state index >= 15 is 0 Å². The number of hydrogen-bond acceptors (Lipinski definition) is 3. The number of hydrogen-bond donors (Lipinski definition) is 0. The van der Waals surface area contributed by atoms with Gasteiger partial charge in [0.2, 0.25) is 0 Å². The normalized spacial score (nSPS) is 16.0. The van der Waals surface area contributed by atoms with Crippen LogP contribution < -0.4 is 0 Å². The maximum atomic E-state index is 13.8. The molecule has 1 aromatic heterocycles. The average molecular weight is 383 g/mol. The molecule has 0 bridgehead atoms. The molecule has 0 atom stereocenters. The Morgan fingerprint density at radius 2 is 2.00 bits per heavy atom. The Balaban J connectivity index is 1.61. The van der Waals surface area contributed by atoms with Gasteiger partial charge in [0.1, 0.15) is 5.82 Å². The maximum absolute atomic E-state index is 13.8. The predicted octanol–water partition coefficient (Wildman–Crippen LogP) is 3.61. The Morgan fingerprint density at radius 3 is 2.68 bits per heavy atom. The van der Waals surface area contributed by atoms with Gasteiger partial charge < -0.3 is 4.90 Å². The fourth-order valence-corrected chi connectivity index (χ4v) is 3.67. The number of carbonyl (C=O) groups excluding carboxylic acids is 1. The minimum Gasteiger partial charge on any atom is -0.336 e. The van der Waals surface area contributed by atoms with Gasteiger partial charge in [0.15, 0.2) is 0 Å². The van der Waals surface area contributed by atoms with Crippen molar-refractivity contribution in [1.29, 1.82) is 0 Å². The molecule has 1 aromatic carbocycles. The lowest BCUT2D eigenvalue weighted by atomic mass is 10.1. The summed E-state index contributed by atoms with van der Waals surface area (Å²) < 4.78 is 14.5. The molecule has 1 fully saturated rings. The van der Waals surface area contributed by atoms with Gasteiger partial charge in [-0.05, 0) is 29.6 Å². The van der Waals surface area contributed by atoms with Gasteiger partial charge in [-0.1, -0.05) is 22.0 Å². The van der Waals surface area contributed by atoms with Crippen molar-refractivity contribution in [3.8, 4) is 0 Å². The van der Waals surface area contributed by atoms with E-state index in [0.717, 1.165) is 19.6 Å². The van der Waals surface area contributed by atoms with Gasteiger partial charge in [0.05, 0.1) is 5.56 Å². The number of benzene rings is 1. The molecule has 0 aliphatic carbocycles. The van der Waals surface area contributed by atoms with Gasteiger partial charge in [0.25, 0.3) is 5.91 Å². The van der Waals surface area contributed by atoms with E-state index < -0.39 is 5.82 Å². The highest BCUT2D eigenvalue weighted by atomic mass is 79.9. The lowest BCUT2D eigenvalue weighted by molar-refractivity contribution is 0.0625. The third-order valence-electron chi connectivity index (χ3n) is 3.78. The molecule has 0 unspecified atom stereocenters. The standard InChI is InChI=1S/C16H16BrFN2OS/c17-12-3-4-15(18)14(10-12)16(21)20-7-5-19(6-8-20)11-13-2-1-9-22-13/h1-4,9-10H,5-8,11H2. The summed E-state index contributed by atoms with van der Waals surface area (Å²) in [5.41, 5.74) is 0.140. The van der Waals surface area contributed by atoms with E-state index in [4.69, 9.17) is 0 Å². The van der Waals surface area contributed by atoms with Crippen LogP contribution in [0, 0.1) is 5.82 Å². The average Bonchev–Trinajstić information content (AvgIpc) is 3.03. The van der Waals surface area contributed by atoms with Crippen molar-refractivity contribution in [3.63, 3.8) is 0 Å². The molecule has 3 nitrogen and oxygen atoms in total. The first-order chi connectivity index (χ1) is 10.6. The molecule has 2 aromatic rings. The number of nitrogens with zero attached hydrogens (tertiary/aromatic N) is 2. The number of amides is 1. The second-order valence-electron chi connectivity index (χ2n) is 5.27. The van der Waals surface area contributed by atoms with Crippen LogP contribution in [-0.4, -0.2) is 41.9 Å². The lowest BCUT2D eigenvalue weighted by Gasteiger charge is -2.34. The highest BCUT2D eigenvalue weighted by Crippen LogP contribution is 2.19. The summed E-state index contributed by atoms with van der Waals surface area (Å²) in [5.74, 6) is -0.691. The highest BCUT2D eigenvalue weighted by Gasteiger charge is 2.24. The summed E-state index contributed by atoms with van der Waals surface area (Å²) in [6, 6.07) is 8.65. The van der Waals surface area contributed by atoms with E-state index in [9.17, 15) is 9.18 Å². The fourth-order valence-electron chi connectivity index (χ4n) is 2.56. The maximum Gasteiger partial charge on any atom is 0.256 e. The zero-order chi connectivity index (χ0) is 15.5. The minimum atomic E-state index is -0.464. The van der Waals surface area contributed by atoms with E-state index in [1.165, 1.54) is 10.9 Å². The molecule has 2 heterocycles. The summed E-state index contributed by atoms with van der Waals surface area (Å²) in [6.07, 6.45) is 0. The molecule has 0 N–H and O–H groups in total. The van der Waals surface area contributed by atoms with Gasteiger partial charge in [-0.15, -0.1) is 11.3 Å². The van der Waals surface area contributed by atoms with E-state index in [1.807, 2.05) is 0 Å². The monoisotopic (exact) mass is 382 g/mol. The fraction of sp³-hybridized carbons (Fsp3) is 0.312. The Morgan fingerprint density at radius 1 is 1.23 bits per heavy atom. The highest BCUT2D eigenvalue weighted by molar-refractivity contribution is 9.10. The van der Waals surface area contributed by atoms with Gasteiger partial charge >= 0.3 is 0 Å². The number of thiophene rings is 1. The van der Waals surface area contributed by atoms with Crippen LogP contribution in [0.25, 0.3) is 0 Å². The molecule has 6 heteroatoms. The smallest absolute Gasteiger partial charge is 0.256 e. The topological polar surface area (TPSA) is 23.6 Å². The summed E-state index contributed by atoms with van der Waals surface area (Å²) >= 11 is 5.03. The van der Waals surface area contributed by atoms with Gasteiger partial charge in [0, 0.05) is 42.1 Å². The van der Waals surface area contributed by atoms with Crippen LogP contribution in [0.15, 0.2) is 40.2 Å². The van der Waals surface area contributed by atoms with Crippen LogP contribution in [0.2, 0.25) is 0 Å². The predicted molar refractivity (Wildman–Crippen MR) is 89.6 cm³/mol. The third-order valence-corrected chi connectivity index (χ3v) is 5.13. The Labute approximate surface area is 141 Å². The largest absolute Gasteiger partial charge is 0.336 e. The van der Waals surface area contributed by atoms with Crippen molar-refractivity contribution < 1.29 is 9.18 Å². The quantitative estimate of drug-likeness (QED) is 0.809. The van der Waals surface area contributed by atoms with Gasteiger partial charge in [-0.3, -0.25) is 9.69 Å². The third kappa shape index (κ3) is 3.56. The van der Waals surface area contributed by atoms with Gasteiger partial charge in [-0.25, -0.2) is 4.39 Å². The minimum absolute atomic E-state index is 0.140. The van der Waals surface area contributed by atoms with Crippen LogP contribution >= 0.6 is 27.3 Å². The lowest BCUT2D eigenvalue weighted by Crippen LogP contribution is -2.48. The molecule has 1 aliphatic heterocycles. The molecule has 116 valence electrons. The molecule has 3 rings (SSSR count). The van der Waals surface area contributed by atoms with Crippen molar-refractivity contribution in [1.82, 2.24) is 9.80 Å². The van der Waals surface area contributed by atoms with E-state index in [2.05, 4.69) is 38.3 Å². The van der Waals surface area contributed by atoms with Crippen molar-refractivity contribution >= 4 is 33.2 Å². The Hall–Kier alpha value is -1.24. The zero-order valence-electron chi connectivity index (χ0n) is 12.0. The summed E-state index contributed by atoms with van der Waals surface area (Å²) in [6.45, 7) is 3.83. The van der Waals surface area contributed by atoms with Crippen molar-refractivity contribution in [3.05, 3.63) is 56.4 Å². The Kier molecular flexibility index (Phi) is 4.90. The first-order valence-corrected chi connectivity index (χ1v) is 8.80. The first kappa shape index (κ1) is 15.6. The second-order valence-corrected chi connectivity index (χ2v) is 7.22. The zero-order valence-corrected chi connectivity index (χ0v) is 14.4.